The molecule has 0 aliphatic carbocycles. The lowest BCUT2D eigenvalue weighted by Gasteiger charge is -2.07. The van der Waals surface area contributed by atoms with Gasteiger partial charge in [0.05, 0.1) is 0 Å². The van der Waals surface area contributed by atoms with Gasteiger partial charge in [-0.25, -0.2) is 0 Å². The molecule has 0 saturated carbocycles. The standard InChI is InChI=1S/C6H14.C5H13N.C4H10.C3H9N/c2*1-4-6(3)5-2;2*1-4(2)3/h6H,4-5H2,1-3H3;4-5H2,1-3H3;4H,1-3H3;1-3H3. The van der Waals surface area contributed by atoms with Crippen LogP contribution in [0.3, 0.4) is 0 Å². The molecule has 2 heteroatoms. The second-order valence-corrected chi connectivity index (χ2v) is 6.48. The molecule has 0 N–H and O–H groups in total. The van der Waals surface area contributed by atoms with E-state index in [2.05, 4.69) is 67.3 Å². The van der Waals surface area contributed by atoms with Crippen molar-refractivity contribution in [3.05, 3.63) is 0 Å². The predicted octanol–water partition coefficient (Wildman–Crippen LogP) is 5.24. The van der Waals surface area contributed by atoms with Crippen molar-refractivity contribution in [2.24, 2.45) is 11.8 Å². The van der Waals surface area contributed by atoms with Crippen molar-refractivity contribution in [3.8, 4) is 0 Å². The monoisotopic (exact) mass is 290 g/mol. The fourth-order valence-corrected chi connectivity index (χ4v) is 0.512. The minimum absolute atomic E-state index is 0.833. The van der Waals surface area contributed by atoms with Gasteiger partial charge in [-0.05, 0) is 53.1 Å². The second kappa shape index (κ2) is 24.0. The lowest BCUT2D eigenvalue weighted by Crippen LogP contribution is -2.15. The van der Waals surface area contributed by atoms with Crippen molar-refractivity contribution in [3.63, 3.8) is 0 Å². The van der Waals surface area contributed by atoms with Crippen LogP contribution in [-0.2, 0) is 0 Å². The Bertz CT molecular complexity index is 104. The molecule has 0 saturated heterocycles. The van der Waals surface area contributed by atoms with E-state index in [-0.39, 0.29) is 0 Å². The smallest absolute Gasteiger partial charge is 0.00504 e. The van der Waals surface area contributed by atoms with Crippen LogP contribution in [0, 0.1) is 11.8 Å². The van der Waals surface area contributed by atoms with Crippen molar-refractivity contribution < 1.29 is 0 Å². The van der Waals surface area contributed by atoms with Crippen LogP contribution in [0.4, 0.5) is 0 Å². The quantitative estimate of drug-likeness (QED) is 0.698. The van der Waals surface area contributed by atoms with Gasteiger partial charge in [0.15, 0.2) is 0 Å². The van der Waals surface area contributed by atoms with E-state index in [4.69, 9.17) is 0 Å². The lowest BCUT2D eigenvalue weighted by molar-refractivity contribution is 0.373. The van der Waals surface area contributed by atoms with E-state index in [1.807, 2.05) is 26.0 Å². The summed E-state index contributed by atoms with van der Waals surface area (Å²) in [5.74, 6) is 1.77. The van der Waals surface area contributed by atoms with E-state index in [1.54, 1.807) is 0 Å². The first kappa shape index (κ1) is 28.1. The maximum atomic E-state index is 2.28. The first-order chi connectivity index (χ1) is 9.08. The fraction of sp³-hybridized carbons (Fsp3) is 1.00. The molecule has 0 aromatic heterocycles. The van der Waals surface area contributed by atoms with Crippen LogP contribution in [0.2, 0.25) is 0 Å². The van der Waals surface area contributed by atoms with Crippen molar-refractivity contribution in [1.82, 2.24) is 9.80 Å². The summed E-state index contributed by atoms with van der Waals surface area (Å²) in [5, 5.41) is 0. The van der Waals surface area contributed by atoms with Gasteiger partial charge < -0.3 is 9.80 Å². The zero-order chi connectivity index (χ0) is 17.1. The average molecular weight is 291 g/mol. The molecule has 20 heavy (non-hydrogen) atoms. The molecule has 0 bridgehead atoms. The van der Waals surface area contributed by atoms with E-state index in [0.717, 1.165) is 24.9 Å². The normalized spacial score (nSPS) is 9.60. The molecule has 0 aromatic carbocycles. The Hall–Kier alpha value is -0.0800. The van der Waals surface area contributed by atoms with Crippen LogP contribution in [0.25, 0.3) is 0 Å². The Morgan fingerprint density at radius 2 is 0.850 bits per heavy atom. The Labute approximate surface area is 131 Å². The van der Waals surface area contributed by atoms with Gasteiger partial charge in [-0.1, -0.05) is 68.2 Å². The molecule has 0 unspecified atom stereocenters. The summed E-state index contributed by atoms with van der Waals surface area (Å²) in [6, 6.07) is 0. The van der Waals surface area contributed by atoms with E-state index < -0.39 is 0 Å². The van der Waals surface area contributed by atoms with Gasteiger partial charge in [0.1, 0.15) is 0 Å². The molecule has 0 aliphatic rings. The predicted molar refractivity (Wildman–Crippen MR) is 98.7 cm³/mol. The summed E-state index contributed by atoms with van der Waals surface area (Å²) in [6.07, 6.45) is 2.66. The summed E-state index contributed by atoms with van der Waals surface area (Å²) in [5.41, 5.74) is 0. The third-order valence-corrected chi connectivity index (χ3v) is 2.47. The topological polar surface area (TPSA) is 6.48 Å². The van der Waals surface area contributed by atoms with Crippen LogP contribution >= 0.6 is 0 Å². The molecular formula is C18H46N2. The van der Waals surface area contributed by atoms with Crippen molar-refractivity contribution in [2.75, 3.05) is 41.3 Å². The summed E-state index contributed by atoms with van der Waals surface area (Å²) >= 11 is 0. The summed E-state index contributed by atoms with van der Waals surface area (Å²) in [6.45, 7) is 19.9. The molecule has 128 valence electrons. The zero-order valence-electron chi connectivity index (χ0n) is 16.9. The molecule has 0 aromatic rings. The number of rotatable bonds is 4. The highest BCUT2D eigenvalue weighted by Crippen LogP contribution is 2.02. The molecule has 2 nitrogen and oxygen atoms in total. The van der Waals surface area contributed by atoms with E-state index >= 15 is 0 Å². The van der Waals surface area contributed by atoms with Gasteiger partial charge in [-0.15, -0.1) is 0 Å². The van der Waals surface area contributed by atoms with Crippen LogP contribution in [0.5, 0.6) is 0 Å². The van der Waals surface area contributed by atoms with Gasteiger partial charge in [0.25, 0.3) is 0 Å². The molecule has 0 radical (unpaired) electrons. The molecule has 0 rings (SSSR count). The summed E-state index contributed by atoms with van der Waals surface area (Å²) < 4.78 is 0. The average Bonchev–Trinajstić information content (AvgIpc) is 2.36. The van der Waals surface area contributed by atoms with Crippen molar-refractivity contribution in [2.45, 2.75) is 68.2 Å². The third-order valence-electron chi connectivity index (χ3n) is 2.47. The molecule has 0 aliphatic heterocycles. The van der Waals surface area contributed by atoms with Gasteiger partial charge in [0, 0.05) is 0 Å². The maximum absolute atomic E-state index is 2.28. The Kier molecular flexibility index (Phi) is 33.7. The molecular weight excluding hydrogens is 244 g/mol. The number of nitrogens with zero attached hydrogens (tertiary/aromatic N) is 2. The van der Waals surface area contributed by atoms with Crippen LogP contribution < -0.4 is 0 Å². The van der Waals surface area contributed by atoms with E-state index in [1.165, 1.54) is 12.8 Å². The van der Waals surface area contributed by atoms with Gasteiger partial charge in [0.2, 0.25) is 0 Å². The summed E-state index contributed by atoms with van der Waals surface area (Å²) in [4.78, 5) is 4.25. The van der Waals surface area contributed by atoms with Crippen LogP contribution in [0.15, 0.2) is 0 Å². The molecule has 0 atom stereocenters. The minimum Gasteiger partial charge on any atom is -0.312 e. The largest absolute Gasteiger partial charge is 0.312 e. The van der Waals surface area contributed by atoms with E-state index in [9.17, 15) is 0 Å². The summed E-state index contributed by atoms with van der Waals surface area (Å²) in [7, 11) is 8.11. The Balaban J connectivity index is -0.0000000871. The van der Waals surface area contributed by atoms with Crippen molar-refractivity contribution >= 4 is 0 Å². The Morgan fingerprint density at radius 1 is 0.650 bits per heavy atom. The maximum Gasteiger partial charge on any atom is -0.00504 e. The van der Waals surface area contributed by atoms with Gasteiger partial charge in [-0.2, -0.15) is 0 Å². The van der Waals surface area contributed by atoms with Gasteiger partial charge >= 0.3 is 0 Å². The second-order valence-electron chi connectivity index (χ2n) is 6.48. The van der Waals surface area contributed by atoms with Crippen LogP contribution in [-0.4, -0.2) is 51.1 Å². The zero-order valence-corrected chi connectivity index (χ0v) is 16.9. The van der Waals surface area contributed by atoms with Gasteiger partial charge in [-0.3, -0.25) is 0 Å². The highest BCUT2D eigenvalue weighted by atomic mass is 15.1. The van der Waals surface area contributed by atoms with Crippen LogP contribution in [0.1, 0.15) is 68.2 Å². The molecule has 0 heterocycles. The Morgan fingerprint density at radius 3 is 0.850 bits per heavy atom. The first-order valence-electron chi connectivity index (χ1n) is 8.38. The molecule has 0 fully saturated rings. The highest BCUT2D eigenvalue weighted by Gasteiger charge is 1.88. The first-order valence-corrected chi connectivity index (χ1v) is 8.38. The van der Waals surface area contributed by atoms with Crippen molar-refractivity contribution in [1.29, 1.82) is 0 Å². The minimum atomic E-state index is 0.833. The fourth-order valence-electron chi connectivity index (χ4n) is 0.512. The molecule has 0 spiro atoms. The third kappa shape index (κ3) is 81.8. The number of hydrogen-bond acceptors (Lipinski definition) is 2. The molecule has 0 amide bonds. The SMILES string of the molecule is CC(C)C.CCC(C)CC.CCN(C)CC.CN(C)C. The van der Waals surface area contributed by atoms with E-state index in [0.29, 0.717) is 0 Å². The highest BCUT2D eigenvalue weighted by molar-refractivity contribution is 4.41. The lowest BCUT2D eigenvalue weighted by atomic mass is 10.1. The number of hydrogen-bond donors (Lipinski definition) is 0.